The van der Waals surface area contributed by atoms with Gasteiger partial charge in [-0.25, -0.2) is 0 Å². The fourth-order valence-electron chi connectivity index (χ4n) is 4.48. The number of aryl methyl sites for hydroxylation is 1. The van der Waals surface area contributed by atoms with Crippen LogP contribution >= 0.6 is 0 Å². The lowest BCUT2D eigenvalue weighted by atomic mass is 9.83. The third-order valence-electron chi connectivity index (χ3n) is 5.76. The fraction of sp³-hybridized carbons (Fsp3) is 0.273. The molecule has 26 heavy (non-hydrogen) atoms. The molecule has 1 aliphatic heterocycles. The average Bonchev–Trinajstić information content (AvgIpc) is 2.69. The van der Waals surface area contributed by atoms with Crippen molar-refractivity contribution in [2.75, 3.05) is 18.0 Å². The molecule has 4 heteroatoms. The molecule has 2 heterocycles. The van der Waals surface area contributed by atoms with E-state index in [1.165, 1.54) is 6.42 Å². The Balaban J connectivity index is 1.98. The molecule has 0 saturated carbocycles. The summed E-state index contributed by atoms with van der Waals surface area (Å²) in [5, 5.41) is 0.916. The third kappa shape index (κ3) is 1.96. The molecule has 130 valence electrons. The lowest BCUT2D eigenvalue weighted by Gasteiger charge is -2.32. The summed E-state index contributed by atoms with van der Waals surface area (Å²) >= 11 is 0. The predicted octanol–water partition coefficient (Wildman–Crippen LogP) is 3.74. The Morgan fingerprint density at radius 3 is 2.27 bits per heavy atom. The van der Waals surface area contributed by atoms with Crippen molar-refractivity contribution in [3.8, 4) is 11.1 Å². The van der Waals surface area contributed by atoms with Crippen LogP contribution in [-0.4, -0.2) is 23.4 Å². The zero-order valence-electron chi connectivity index (χ0n) is 14.8. The zero-order valence-corrected chi connectivity index (χ0v) is 14.8. The minimum absolute atomic E-state index is 0.0238. The van der Waals surface area contributed by atoms with Crippen LogP contribution in [-0.2, 0) is 7.05 Å². The highest BCUT2D eigenvalue weighted by molar-refractivity contribution is 6.26. The van der Waals surface area contributed by atoms with Gasteiger partial charge >= 0.3 is 0 Å². The van der Waals surface area contributed by atoms with Crippen molar-refractivity contribution in [2.24, 2.45) is 7.05 Å². The molecule has 1 fully saturated rings. The summed E-state index contributed by atoms with van der Waals surface area (Å²) in [5.41, 5.74) is 4.83. The van der Waals surface area contributed by atoms with E-state index >= 15 is 0 Å². The average molecular weight is 344 g/mol. The molecule has 5 rings (SSSR count). The number of fused-ring (bicyclic) bond motifs is 2. The predicted molar refractivity (Wildman–Crippen MR) is 104 cm³/mol. The molecule has 0 unspecified atom stereocenters. The Bertz CT molecular complexity index is 1120. The molecule has 0 radical (unpaired) electrons. The van der Waals surface area contributed by atoms with E-state index in [4.69, 9.17) is 0 Å². The molecule has 1 aromatic heterocycles. The smallest absolute Gasteiger partial charge is 0.274 e. The number of aromatic nitrogens is 1. The highest BCUT2D eigenvalue weighted by Crippen LogP contribution is 2.43. The minimum atomic E-state index is 0.0238. The van der Waals surface area contributed by atoms with E-state index in [1.54, 1.807) is 4.57 Å². The number of piperidine rings is 1. The number of ketones is 1. The van der Waals surface area contributed by atoms with Gasteiger partial charge in [-0.15, -0.1) is 0 Å². The topological polar surface area (TPSA) is 42.3 Å². The zero-order chi connectivity index (χ0) is 17.8. The van der Waals surface area contributed by atoms with E-state index in [9.17, 15) is 9.59 Å². The first-order valence-electron chi connectivity index (χ1n) is 9.23. The molecule has 0 spiro atoms. The largest absolute Gasteiger partial charge is 0.367 e. The van der Waals surface area contributed by atoms with E-state index in [1.807, 2.05) is 49.5 Å². The summed E-state index contributed by atoms with van der Waals surface area (Å²) in [7, 11) is 1.81. The molecule has 1 aliphatic carbocycles. The highest BCUT2D eigenvalue weighted by atomic mass is 16.1. The number of pyridine rings is 1. The molecule has 0 N–H and O–H groups in total. The number of benzene rings is 2. The van der Waals surface area contributed by atoms with Crippen molar-refractivity contribution in [3.05, 3.63) is 63.9 Å². The maximum Gasteiger partial charge on any atom is 0.274 e. The quantitative estimate of drug-likeness (QED) is 0.528. The number of hydrogen-bond donors (Lipinski definition) is 0. The van der Waals surface area contributed by atoms with Gasteiger partial charge in [-0.1, -0.05) is 36.4 Å². The van der Waals surface area contributed by atoms with E-state index in [-0.39, 0.29) is 11.3 Å². The van der Waals surface area contributed by atoms with Gasteiger partial charge in [-0.05, 0) is 30.9 Å². The van der Waals surface area contributed by atoms with Crippen molar-refractivity contribution in [1.82, 2.24) is 4.57 Å². The number of rotatable bonds is 1. The van der Waals surface area contributed by atoms with E-state index in [2.05, 4.69) is 4.90 Å². The van der Waals surface area contributed by atoms with Gasteiger partial charge in [0.2, 0.25) is 0 Å². The summed E-state index contributed by atoms with van der Waals surface area (Å²) in [5.74, 6) is 0.0435. The summed E-state index contributed by atoms with van der Waals surface area (Å²) in [6.07, 6.45) is 3.41. The monoisotopic (exact) mass is 344 g/mol. The summed E-state index contributed by atoms with van der Waals surface area (Å²) < 4.78 is 1.70. The van der Waals surface area contributed by atoms with Crippen LogP contribution in [0.15, 0.2) is 47.3 Å². The van der Waals surface area contributed by atoms with Crippen LogP contribution in [0, 0.1) is 0 Å². The Morgan fingerprint density at radius 2 is 1.50 bits per heavy atom. The van der Waals surface area contributed by atoms with Gasteiger partial charge in [-0.2, -0.15) is 0 Å². The van der Waals surface area contributed by atoms with E-state index in [0.717, 1.165) is 53.6 Å². The van der Waals surface area contributed by atoms with Crippen molar-refractivity contribution >= 4 is 22.4 Å². The minimum Gasteiger partial charge on any atom is -0.367 e. The van der Waals surface area contributed by atoms with Gasteiger partial charge < -0.3 is 9.47 Å². The van der Waals surface area contributed by atoms with Crippen LogP contribution < -0.4 is 10.5 Å². The summed E-state index contributed by atoms with van der Waals surface area (Å²) in [6, 6.07) is 13.4. The van der Waals surface area contributed by atoms with E-state index in [0.29, 0.717) is 11.1 Å². The van der Waals surface area contributed by atoms with Crippen molar-refractivity contribution in [3.63, 3.8) is 0 Å². The van der Waals surface area contributed by atoms with Crippen LogP contribution in [0.3, 0.4) is 0 Å². The molecular formula is C22H20N2O2. The Hall–Kier alpha value is -2.88. The van der Waals surface area contributed by atoms with Crippen LogP contribution in [0.1, 0.15) is 35.2 Å². The van der Waals surface area contributed by atoms with Crippen molar-refractivity contribution < 1.29 is 4.79 Å². The van der Waals surface area contributed by atoms with Crippen LogP contribution in [0.5, 0.6) is 0 Å². The first kappa shape index (κ1) is 15.4. The molecule has 0 amide bonds. The normalized spacial score (nSPS) is 16.0. The Morgan fingerprint density at radius 1 is 0.808 bits per heavy atom. The number of nitrogens with zero attached hydrogens (tertiary/aromatic N) is 2. The molecular weight excluding hydrogens is 324 g/mol. The second-order valence-electron chi connectivity index (χ2n) is 7.21. The van der Waals surface area contributed by atoms with Crippen molar-refractivity contribution in [2.45, 2.75) is 19.3 Å². The first-order valence-corrected chi connectivity index (χ1v) is 9.23. The number of anilines is 1. The molecule has 3 aromatic rings. The second-order valence-corrected chi connectivity index (χ2v) is 7.21. The molecule has 0 bridgehead atoms. The van der Waals surface area contributed by atoms with Gasteiger partial charge in [-0.3, -0.25) is 9.59 Å². The van der Waals surface area contributed by atoms with Gasteiger partial charge in [0, 0.05) is 42.2 Å². The summed E-state index contributed by atoms with van der Waals surface area (Å²) in [4.78, 5) is 28.6. The van der Waals surface area contributed by atoms with E-state index < -0.39 is 0 Å². The maximum absolute atomic E-state index is 13.3. The molecule has 2 aliphatic rings. The number of hydrogen-bond acceptors (Lipinski definition) is 3. The summed E-state index contributed by atoms with van der Waals surface area (Å²) in [6.45, 7) is 1.79. The Labute approximate surface area is 151 Å². The van der Waals surface area contributed by atoms with Gasteiger partial charge in [0.1, 0.15) is 5.69 Å². The van der Waals surface area contributed by atoms with Crippen LogP contribution in [0.25, 0.3) is 22.0 Å². The number of carbonyl (C=O) groups is 1. The Kier molecular flexibility index (Phi) is 3.29. The SMILES string of the molecule is Cn1c(=O)c(N2CCCCC2)c2c3c(cccc31)C(=O)c1ccccc1-2. The molecule has 1 saturated heterocycles. The van der Waals surface area contributed by atoms with Crippen LogP contribution in [0.2, 0.25) is 0 Å². The lowest BCUT2D eigenvalue weighted by molar-refractivity contribution is 0.104. The standard InChI is InChI=1S/C22H20N2O2/c1-23-17-11-7-10-16-18(17)19(14-8-3-4-9-15(14)21(16)25)20(22(23)26)24-12-5-2-6-13-24/h3-4,7-11H,2,5-6,12-13H2,1H3. The molecule has 2 aromatic carbocycles. The molecule has 0 atom stereocenters. The third-order valence-corrected chi connectivity index (χ3v) is 5.76. The van der Waals surface area contributed by atoms with Gasteiger partial charge in [0.25, 0.3) is 5.56 Å². The maximum atomic E-state index is 13.3. The van der Waals surface area contributed by atoms with Gasteiger partial charge in [0.15, 0.2) is 5.78 Å². The number of carbonyl (C=O) groups excluding carboxylic acids is 1. The fourth-order valence-corrected chi connectivity index (χ4v) is 4.48. The second kappa shape index (κ2) is 5.56. The first-order chi connectivity index (χ1) is 12.7. The highest BCUT2D eigenvalue weighted by Gasteiger charge is 2.31. The van der Waals surface area contributed by atoms with Gasteiger partial charge in [0.05, 0.1) is 5.52 Å². The lowest BCUT2D eigenvalue weighted by Crippen LogP contribution is -2.36. The van der Waals surface area contributed by atoms with Crippen molar-refractivity contribution in [1.29, 1.82) is 0 Å². The molecule has 4 nitrogen and oxygen atoms in total. The van der Waals surface area contributed by atoms with Crippen LogP contribution in [0.4, 0.5) is 5.69 Å².